The molecule has 104 valence electrons. The van der Waals surface area contributed by atoms with Crippen LogP contribution >= 0.6 is 11.8 Å². The lowest BCUT2D eigenvalue weighted by atomic mass is 10.1. The molecular formula is C13H16F2N2OS. The van der Waals surface area contributed by atoms with Crippen LogP contribution in [0.2, 0.25) is 0 Å². The van der Waals surface area contributed by atoms with Crippen molar-refractivity contribution in [1.29, 1.82) is 0 Å². The first kappa shape index (κ1) is 14.1. The topological polar surface area (TPSA) is 55.1 Å². The average molecular weight is 286 g/mol. The Kier molecular flexibility index (Phi) is 3.99. The molecular weight excluding hydrogens is 270 g/mol. The summed E-state index contributed by atoms with van der Waals surface area (Å²) in [7, 11) is 0. The maximum atomic E-state index is 13.5. The van der Waals surface area contributed by atoms with E-state index in [0.717, 1.165) is 24.7 Å². The van der Waals surface area contributed by atoms with E-state index >= 15 is 0 Å². The van der Waals surface area contributed by atoms with Crippen molar-refractivity contribution in [1.82, 2.24) is 5.32 Å². The number of benzene rings is 1. The van der Waals surface area contributed by atoms with Crippen LogP contribution in [0.1, 0.15) is 30.1 Å². The first-order chi connectivity index (χ1) is 8.91. The Morgan fingerprint density at radius 1 is 1.47 bits per heavy atom. The molecule has 1 saturated heterocycles. The summed E-state index contributed by atoms with van der Waals surface area (Å²) < 4.78 is 26.5. The van der Waals surface area contributed by atoms with Gasteiger partial charge in [-0.05, 0) is 31.6 Å². The molecule has 1 aromatic rings. The van der Waals surface area contributed by atoms with Crippen molar-refractivity contribution in [3.8, 4) is 0 Å². The number of carbonyl (C=O) groups excluding carboxylic acids is 1. The van der Waals surface area contributed by atoms with Crippen molar-refractivity contribution in [3.63, 3.8) is 0 Å². The molecule has 0 radical (unpaired) electrons. The normalized spacial score (nSPS) is 22.5. The second-order valence-corrected chi connectivity index (χ2v) is 6.62. The zero-order chi connectivity index (χ0) is 14.0. The van der Waals surface area contributed by atoms with Gasteiger partial charge < -0.3 is 11.1 Å². The zero-order valence-corrected chi connectivity index (χ0v) is 11.4. The highest BCUT2D eigenvalue weighted by molar-refractivity contribution is 8.00. The monoisotopic (exact) mass is 286 g/mol. The van der Waals surface area contributed by atoms with Gasteiger partial charge in [-0.1, -0.05) is 0 Å². The molecule has 1 atom stereocenters. The van der Waals surface area contributed by atoms with Crippen molar-refractivity contribution < 1.29 is 13.6 Å². The molecule has 1 fully saturated rings. The van der Waals surface area contributed by atoms with E-state index in [1.165, 1.54) is 0 Å². The summed E-state index contributed by atoms with van der Waals surface area (Å²) in [6.07, 6.45) is 2.14. The largest absolute Gasteiger partial charge is 0.396 e. The number of carbonyl (C=O) groups is 1. The van der Waals surface area contributed by atoms with E-state index in [9.17, 15) is 13.6 Å². The summed E-state index contributed by atoms with van der Waals surface area (Å²) in [6.45, 7) is 2.54. The molecule has 3 nitrogen and oxygen atoms in total. The minimum Gasteiger partial charge on any atom is -0.396 e. The van der Waals surface area contributed by atoms with Crippen LogP contribution in [0.3, 0.4) is 0 Å². The van der Waals surface area contributed by atoms with Crippen molar-refractivity contribution in [3.05, 3.63) is 29.3 Å². The van der Waals surface area contributed by atoms with Gasteiger partial charge in [0, 0.05) is 17.4 Å². The molecule has 0 saturated carbocycles. The Morgan fingerprint density at radius 3 is 2.84 bits per heavy atom. The van der Waals surface area contributed by atoms with Gasteiger partial charge in [0.1, 0.15) is 11.6 Å². The first-order valence-electron chi connectivity index (χ1n) is 6.08. The number of amides is 1. The molecule has 1 unspecified atom stereocenters. The van der Waals surface area contributed by atoms with Crippen LogP contribution in [0.4, 0.5) is 14.5 Å². The van der Waals surface area contributed by atoms with Crippen molar-refractivity contribution in [2.75, 3.05) is 18.0 Å². The summed E-state index contributed by atoms with van der Waals surface area (Å²) in [4.78, 5) is 11.9. The molecule has 0 aliphatic carbocycles. The number of nitrogens with one attached hydrogen (secondary N) is 1. The average Bonchev–Trinajstić information content (AvgIpc) is 2.78. The molecule has 2 rings (SSSR count). The standard InChI is InChI=1S/C13H16F2N2OS/c1-13(3-2-4-19-13)7-17-12(18)8-5-11(16)10(15)6-9(8)14/h5-6H,2-4,7,16H2,1H3,(H,17,18). The third-order valence-electron chi connectivity index (χ3n) is 3.25. The van der Waals surface area contributed by atoms with Crippen molar-refractivity contribution >= 4 is 23.4 Å². The van der Waals surface area contributed by atoms with E-state index in [4.69, 9.17) is 5.73 Å². The first-order valence-corrected chi connectivity index (χ1v) is 7.06. The SMILES string of the molecule is CC1(CNC(=O)c2cc(N)c(F)cc2F)CCCS1. The van der Waals surface area contributed by atoms with Crippen LogP contribution < -0.4 is 11.1 Å². The van der Waals surface area contributed by atoms with Crippen LogP contribution in [0.5, 0.6) is 0 Å². The van der Waals surface area contributed by atoms with Gasteiger partial charge in [0.15, 0.2) is 0 Å². The van der Waals surface area contributed by atoms with Crippen LogP contribution in [0.25, 0.3) is 0 Å². The number of hydrogen-bond acceptors (Lipinski definition) is 3. The third-order valence-corrected chi connectivity index (χ3v) is 4.79. The minimum absolute atomic E-state index is 0.00227. The fraction of sp³-hybridized carbons (Fsp3) is 0.462. The highest BCUT2D eigenvalue weighted by Crippen LogP contribution is 2.37. The molecule has 1 amide bonds. The van der Waals surface area contributed by atoms with Gasteiger partial charge in [-0.2, -0.15) is 11.8 Å². The Balaban J connectivity index is 2.06. The highest BCUT2D eigenvalue weighted by atomic mass is 32.2. The van der Waals surface area contributed by atoms with Gasteiger partial charge >= 0.3 is 0 Å². The lowest BCUT2D eigenvalue weighted by Crippen LogP contribution is -2.37. The predicted octanol–water partition coefficient (Wildman–Crippen LogP) is 2.56. The zero-order valence-electron chi connectivity index (χ0n) is 10.6. The smallest absolute Gasteiger partial charge is 0.254 e. The van der Waals surface area contributed by atoms with Gasteiger partial charge in [-0.25, -0.2) is 8.78 Å². The highest BCUT2D eigenvalue weighted by Gasteiger charge is 2.30. The molecule has 0 bridgehead atoms. The van der Waals surface area contributed by atoms with E-state index in [1.54, 1.807) is 11.8 Å². The van der Waals surface area contributed by atoms with E-state index in [1.807, 2.05) is 0 Å². The van der Waals surface area contributed by atoms with Crippen LogP contribution in [-0.4, -0.2) is 23.0 Å². The number of rotatable bonds is 3. The maximum absolute atomic E-state index is 13.5. The molecule has 1 aliphatic heterocycles. The number of nitrogen functional groups attached to an aromatic ring is 1. The van der Waals surface area contributed by atoms with Crippen molar-refractivity contribution in [2.45, 2.75) is 24.5 Å². The summed E-state index contributed by atoms with van der Waals surface area (Å²) in [6, 6.07) is 1.67. The molecule has 0 aromatic heterocycles. The third kappa shape index (κ3) is 3.18. The minimum atomic E-state index is -0.895. The van der Waals surface area contributed by atoms with Gasteiger partial charge in [0.05, 0.1) is 11.3 Å². The Bertz CT molecular complexity index is 502. The second kappa shape index (κ2) is 5.36. The summed E-state index contributed by atoms with van der Waals surface area (Å²) in [5.74, 6) is -1.23. The van der Waals surface area contributed by atoms with Gasteiger partial charge in [-0.3, -0.25) is 4.79 Å². The number of hydrogen-bond donors (Lipinski definition) is 2. The molecule has 6 heteroatoms. The second-order valence-electron chi connectivity index (χ2n) is 4.94. The molecule has 1 aromatic carbocycles. The lowest BCUT2D eigenvalue weighted by molar-refractivity contribution is 0.0946. The summed E-state index contributed by atoms with van der Waals surface area (Å²) in [5, 5.41) is 2.69. The van der Waals surface area contributed by atoms with E-state index in [0.29, 0.717) is 12.6 Å². The summed E-state index contributed by atoms with van der Waals surface area (Å²) in [5.41, 5.74) is 4.90. The van der Waals surface area contributed by atoms with Gasteiger partial charge in [-0.15, -0.1) is 0 Å². The van der Waals surface area contributed by atoms with E-state index < -0.39 is 17.5 Å². The Hall–Kier alpha value is -1.30. The fourth-order valence-electron chi connectivity index (χ4n) is 2.08. The number of nitrogens with two attached hydrogens (primary N) is 1. The molecule has 19 heavy (non-hydrogen) atoms. The maximum Gasteiger partial charge on any atom is 0.254 e. The van der Waals surface area contributed by atoms with Crippen LogP contribution in [0, 0.1) is 11.6 Å². The number of thioether (sulfide) groups is 1. The fourth-order valence-corrected chi connectivity index (χ4v) is 3.32. The van der Waals surface area contributed by atoms with Crippen LogP contribution in [-0.2, 0) is 0 Å². The van der Waals surface area contributed by atoms with E-state index in [-0.39, 0.29) is 16.0 Å². The summed E-state index contributed by atoms with van der Waals surface area (Å²) >= 11 is 1.80. The predicted molar refractivity (Wildman–Crippen MR) is 73.2 cm³/mol. The molecule has 3 N–H and O–H groups in total. The Morgan fingerprint density at radius 2 is 2.21 bits per heavy atom. The molecule has 1 aliphatic rings. The molecule has 1 heterocycles. The Labute approximate surface area is 114 Å². The quantitative estimate of drug-likeness (QED) is 0.840. The number of anilines is 1. The lowest BCUT2D eigenvalue weighted by Gasteiger charge is -2.22. The van der Waals surface area contributed by atoms with Crippen molar-refractivity contribution in [2.24, 2.45) is 0 Å². The molecule has 0 spiro atoms. The van der Waals surface area contributed by atoms with Gasteiger partial charge in [0.2, 0.25) is 0 Å². The van der Waals surface area contributed by atoms with Gasteiger partial charge in [0.25, 0.3) is 5.91 Å². The van der Waals surface area contributed by atoms with E-state index in [2.05, 4.69) is 12.2 Å². The number of halogens is 2. The van der Waals surface area contributed by atoms with Crippen LogP contribution in [0.15, 0.2) is 12.1 Å².